The molecule has 82 valence electrons. The molecule has 0 aliphatic carbocycles. The summed E-state index contributed by atoms with van der Waals surface area (Å²) < 4.78 is 10.9. The molecule has 2 saturated heterocycles. The summed E-state index contributed by atoms with van der Waals surface area (Å²) in [6.07, 6.45) is 0.186. The topological polar surface area (TPSA) is 41.9 Å². The van der Waals surface area contributed by atoms with Gasteiger partial charge in [0, 0.05) is 13.1 Å². The molecule has 4 heteroatoms. The molecular formula is C10H19NO3. The largest absolute Gasteiger partial charge is 0.389 e. The first-order valence-corrected chi connectivity index (χ1v) is 5.32. The van der Waals surface area contributed by atoms with E-state index in [2.05, 4.69) is 18.7 Å². The van der Waals surface area contributed by atoms with Crippen LogP contribution >= 0.6 is 0 Å². The summed E-state index contributed by atoms with van der Waals surface area (Å²) in [5.41, 5.74) is 0. The summed E-state index contributed by atoms with van der Waals surface area (Å²) in [6.45, 7) is 7.08. The lowest BCUT2D eigenvalue weighted by atomic mass is 10.1. The molecule has 0 radical (unpaired) electrons. The molecule has 0 spiro atoms. The van der Waals surface area contributed by atoms with Gasteiger partial charge in [0.1, 0.15) is 0 Å². The van der Waals surface area contributed by atoms with Crippen molar-refractivity contribution in [2.45, 2.75) is 38.2 Å². The number of aliphatic hydroxyl groups excluding tert-OH is 1. The lowest BCUT2D eigenvalue weighted by Gasteiger charge is -2.39. The van der Waals surface area contributed by atoms with Crippen LogP contribution in [0.3, 0.4) is 0 Å². The zero-order chi connectivity index (χ0) is 10.1. The minimum atomic E-state index is -0.326. The molecule has 2 fully saturated rings. The third kappa shape index (κ3) is 2.08. The Kier molecular flexibility index (Phi) is 3.07. The Morgan fingerprint density at radius 3 is 2.29 bits per heavy atom. The van der Waals surface area contributed by atoms with E-state index in [0.717, 1.165) is 13.1 Å². The Balaban J connectivity index is 1.95. The van der Waals surface area contributed by atoms with E-state index in [1.807, 2.05) is 0 Å². The number of aliphatic hydroxyl groups is 1. The minimum absolute atomic E-state index is 0.170. The average molecular weight is 201 g/mol. The normalized spacial score (nSPS) is 45.6. The lowest BCUT2D eigenvalue weighted by molar-refractivity contribution is -0.0894. The van der Waals surface area contributed by atoms with Crippen LogP contribution in [0, 0.1) is 0 Å². The first-order valence-electron chi connectivity index (χ1n) is 5.32. The fourth-order valence-corrected chi connectivity index (χ4v) is 2.37. The highest BCUT2D eigenvalue weighted by atomic mass is 16.5. The molecule has 1 N–H and O–H groups in total. The summed E-state index contributed by atoms with van der Waals surface area (Å²) in [7, 11) is 0. The molecule has 0 bridgehead atoms. The van der Waals surface area contributed by atoms with Gasteiger partial charge in [-0.3, -0.25) is 4.90 Å². The zero-order valence-electron chi connectivity index (χ0n) is 8.85. The number of morpholine rings is 1. The van der Waals surface area contributed by atoms with Gasteiger partial charge in [-0.2, -0.15) is 0 Å². The molecule has 0 saturated carbocycles. The Labute approximate surface area is 84.8 Å². The molecule has 2 rings (SSSR count). The van der Waals surface area contributed by atoms with E-state index in [9.17, 15) is 5.11 Å². The molecular weight excluding hydrogens is 182 g/mol. The molecule has 0 aromatic heterocycles. The molecule has 0 aromatic carbocycles. The summed E-state index contributed by atoms with van der Waals surface area (Å²) in [5, 5.41) is 9.71. The fourth-order valence-electron chi connectivity index (χ4n) is 2.37. The first kappa shape index (κ1) is 10.4. The number of hydrogen-bond donors (Lipinski definition) is 1. The second-order valence-electron chi connectivity index (χ2n) is 4.38. The van der Waals surface area contributed by atoms with Gasteiger partial charge in [0.15, 0.2) is 0 Å². The quantitative estimate of drug-likeness (QED) is 0.641. The van der Waals surface area contributed by atoms with Gasteiger partial charge in [-0.05, 0) is 13.8 Å². The maximum Gasteiger partial charge on any atom is 0.0950 e. The Hall–Kier alpha value is -0.160. The van der Waals surface area contributed by atoms with Crippen molar-refractivity contribution in [2.24, 2.45) is 0 Å². The highest BCUT2D eigenvalue weighted by Crippen LogP contribution is 2.19. The summed E-state index contributed by atoms with van der Waals surface area (Å²) in [5.74, 6) is 0. The SMILES string of the molecule is CC1CN([C@@H]2COC[C@H]2O)CC(C)O1. The van der Waals surface area contributed by atoms with Gasteiger partial charge < -0.3 is 14.6 Å². The molecule has 14 heavy (non-hydrogen) atoms. The van der Waals surface area contributed by atoms with Crippen LogP contribution < -0.4 is 0 Å². The average Bonchev–Trinajstić information content (AvgIpc) is 2.49. The highest BCUT2D eigenvalue weighted by molar-refractivity contribution is 4.87. The predicted molar refractivity (Wildman–Crippen MR) is 52.2 cm³/mol. The number of nitrogens with zero attached hydrogens (tertiary/aromatic N) is 1. The monoisotopic (exact) mass is 201 g/mol. The third-order valence-corrected chi connectivity index (χ3v) is 2.94. The van der Waals surface area contributed by atoms with Crippen LogP contribution in [0.5, 0.6) is 0 Å². The van der Waals surface area contributed by atoms with Crippen LogP contribution in [-0.4, -0.2) is 60.7 Å². The first-order chi connectivity index (χ1) is 6.66. The van der Waals surface area contributed by atoms with Crippen molar-refractivity contribution in [3.8, 4) is 0 Å². The van der Waals surface area contributed by atoms with Crippen molar-refractivity contribution in [3.63, 3.8) is 0 Å². The summed E-state index contributed by atoms with van der Waals surface area (Å²) in [6, 6.07) is 0.170. The fraction of sp³-hybridized carbons (Fsp3) is 1.00. The van der Waals surface area contributed by atoms with Gasteiger partial charge in [0.25, 0.3) is 0 Å². The zero-order valence-corrected chi connectivity index (χ0v) is 8.85. The summed E-state index contributed by atoms with van der Waals surface area (Å²) >= 11 is 0. The number of rotatable bonds is 1. The Bertz CT molecular complexity index is 190. The van der Waals surface area contributed by atoms with E-state index in [1.165, 1.54) is 0 Å². The van der Waals surface area contributed by atoms with Crippen LogP contribution in [0.25, 0.3) is 0 Å². The lowest BCUT2D eigenvalue weighted by Crippen LogP contribution is -2.53. The maximum absolute atomic E-state index is 9.71. The second-order valence-corrected chi connectivity index (χ2v) is 4.38. The molecule has 0 aromatic rings. The van der Waals surface area contributed by atoms with Crippen LogP contribution in [0.2, 0.25) is 0 Å². The van der Waals surface area contributed by atoms with Crippen LogP contribution in [0.15, 0.2) is 0 Å². The van der Waals surface area contributed by atoms with Crippen LogP contribution in [0.1, 0.15) is 13.8 Å². The predicted octanol–water partition coefficient (Wildman–Crippen LogP) is -0.145. The van der Waals surface area contributed by atoms with Gasteiger partial charge in [-0.25, -0.2) is 0 Å². The van der Waals surface area contributed by atoms with Gasteiger partial charge in [-0.15, -0.1) is 0 Å². The standard InChI is InChI=1S/C10H19NO3/c1-7-3-11(4-8(2)14-7)9-5-13-6-10(9)12/h7-10,12H,3-6H2,1-2H3/t7?,8?,9-,10-/m1/s1. The molecule has 2 unspecified atom stereocenters. The van der Waals surface area contributed by atoms with Gasteiger partial charge >= 0.3 is 0 Å². The van der Waals surface area contributed by atoms with E-state index in [-0.39, 0.29) is 24.4 Å². The van der Waals surface area contributed by atoms with E-state index < -0.39 is 0 Å². The van der Waals surface area contributed by atoms with Crippen LogP contribution in [0.4, 0.5) is 0 Å². The Morgan fingerprint density at radius 1 is 1.14 bits per heavy atom. The molecule has 0 amide bonds. The minimum Gasteiger partial charge on any atom is -0.389 e. The van der Waals surface area contributed by atoms with Crippen LogP contribution in [-0.2, 0) is 9.47 Å². The van der Waals surface area contributed by atoms with E-state index >= 15 is 0 Å². The van der Waals surface area contributed by atoms with Crippen molar-refractivity contribution in [1.29, 1.82) is 0 Å². The van der Waals surface area contributed by atoms with Gasteiger partial charge in [0.2, 0.25) is 0 Å². The molecule has 2 aliphatic heterocycles. The van der Waals surface area contributed by atoms with E-state index in [1.54, 1.807) is 0 Å². The summed E-state index contributed by atoms with van der Waals surface area (Å²) in [4.78, 5) is 2.29. The third-order valence-electron chi connectivity index (χ3n) is 2.94. The molecule has 2 heterocycles. The highest BCUT2D eigenvalue weighted by Gasteiger charge is 2.35. The van der Waals surface area contributed by atoms with E-state index in [4.69, 9.17) is 9.47 Å². The smallest absolute Gasteiger partial charge is 0.0950 e. The van der Waals surface area contributed by atoms with Crippen molar-refractivity contribution in [3.05, 3.63) is 0 Å². The molecule has 2 aliphatic rings. The number of ether oxygens (including phenoxy) is 2. The van der Waals surface area contributed by atoms with E-state index in [0.29, 0.717) is 13.2 Å². The Morgan fingerprint density at radius 2 is 1.79 bits per heavy atom. The van der Waals surface area contributed by atoms with Gasteiger partial charge in [0.05, 0.1) is 37.6 Å². The van der Waals surface area contributed by atoms with Gasteiger partial charge in [-0.1, -0.05) is 0 Å². The van der Waals surface area contributed by atoms with Crippen molar-refractivity contribution in [1.82, 2.24) is 4.90 Å². The second kappa shape index (κ2) is 4.14. The molecule has 4 atom stereocenters. The number of hydrogen-bond acceptors (Lipinski definition) is 4. The van der Waals surface area contributed by atoms with Crippen molar-refractivity contribution < 1.29 is 14.6 Å². The maximum atomic E-state index is 9.71. The van der Waals surface area contributed by atoms with Crippen molar-refractivity contribution >= 4 is 0 Å². The molecule has 4 nitrogen and oxygen atoms in total. The van der Waals surface area contributed by atoms with Crippen molar-refractivity contribution in [2.75, 3.05) is 26.3 Å².